The minimum Gasteiger partial charge on any atom is -0.443 e. The number of aldehydes is 1. The molecular weight excluding hydrogens is 440 g/mol. The van der Waals surface area contributed by atoms with Crippen molar-refractivity contribution in [3.8, 4) is 11.1 Å². The van der Waals surface area contributed by atoms with Crippen LogP contribution in [0.4, 0.5) is 10.6 Å². The van der Waals surface area contributed by atoms with E-state index in [1.54, 1.807) is 17.0 Å². The molecular formula is C28H30N4O3. The summed E-state index contributed by atoms with van der Waals surface area (Å²) >= 11 is 0. The monoisotopic (exact) mass is 470 g/mol. The van der Waals surface area contributed by atoms with E-state index in [4.69, 9.17) is 9.72 Å². The zero-order chi connectivity index (χ0) is 24.6. The molecule has 0 atom stereocenters. The number of fused-ring (bicyclic) bond motifs is 3. The molecule has 180 valence electrons. The topological polar surface area (TPSA) is 77.3 Å². The smallest absolute Gasteiger partial charge is 0.419 e. The van der Waals surface area contributed by atoms with E-state index in [1.165, 1.54) is 0 Å². The zero-order valence-corrected chi connectivity index (χ0v) is 20.4. The van der Waals surface area contributed by atoms with Crippen molar-refractivity contribution in [1.29, 1.82) is 0 Å². The predicted octanol–water partition coefficient (Wildman–Crippen LogP) is 5.84. The third-order valence-corrected chi connectivity index (χ3v) is 6.59. The molecule has 3 aromatic heterocycles. The summed E-state index contributed by atoms with van der Waals surface area (Å²) in [6, 6.07) is 12.1. The van der Waals surface area contributed by atoms with E-state index < -0.39 is 11.7 Å². The largest absolute Gasteiger partial charge is 0.443 e. The van der Waals surface area contributed by atoms with Crippen molar-refractivity contribution >= 4 is 40.0 Å². The summed E-state index contributed by atoms with van der Waals surface area (Å²) in [7, 11) is 0. The standard InChI is InChI=1S/C28H30N4O3/c1-28(2,3)35-27(34)32-24-8-12-29-18-23(24)22-6-4-20(16-25(22)32)21-5-7-26(30-17-21)31-13-9-19(10-14-31)11-15-33/h4-8,12,15-19H,9-11,13-14H2,1-3H3. The van der Waals surface area contributed by atoms with Gasteiger partial charge in [-0.2, -0.15) is 0 Å². The summed E-state index contributed by atoms with van der Waals surface area (Å²) in [5, 5.41) is 1.86. The van der Waals surface area contributed by atoms with Crippen LogP contribution in [0.2, 0.25) is 0 Å². The number of piperidine rings is 1. The number of hydrogen-bond donors (Lipinski definition) is 0. The second-order valence-corrected chi connectivity index (χ2v) is 10.2. The van der Waals surface area contributed by atoms with Gasteiger partial charge in [-0.15, -0.1) is 0 Å². The molecule has 0 radical (unpaired) electrons. The van der Waals surface area contributed by atoms with Gasteiger partial charge in [0.2, 0.25) is 0 Å². The molecule has 0 spiro atoms. The molecule has 0 saturated carbocycles. The Morgan fingerprint density at radius 3 is 2.49 bits per heavy atom. The van der Waals surface area contributed by atoms with Gasteiger partial charge >= 0.3 is 6.09 Å². The summed E-state index contributed by atoms with van der Waals surface area (Å²) < 4.78 is 7.35. The van der Waals surface area contributed by atoms with Crippen LogP contribution in [0.1, 0.15) is 40.0 Å². The van der Waals surface area contributed by atoms with E-state index in [9.17, 15) is 9.59 Å². The molecule has 0 aliphatic carbocycles. The molecule has 0 unspecified atom stereocenters. The average Bonchev–Trinajstić information content (AvgIpc) is 3.18. The Kier molecular flexibility index (Phi) is 6.01. The molecule has 0 N–H and O–H groups in total. The van der Waals surface area contributed by atoms with Crippen LogP contribution in [0, 0.1) is 5.92 Å². The molecule has 1 aromatic carbocycles. The van der Waals surface area contributed by atoms with Crippen LogP contribution in [0.15, 0.2) is 55.0 Å². The van der Waals surface area contributed by atoms with E-state index in [0.29, 0.717) is 12.3 Å². The number of carbonyl (C=O) groups is 2. The van der Waals surface area contributed by atoms with Crippen LogP contribution in [0.25, 0.3) is 32.9 Å². The minimum atomic E-state index is -0.605. The highest BCUT2D eigenvalue weighted by atomic mass is 16.6. The van der Waals surface area contributed by atoms with Gasteiger partial charge in [-0.05, 0) is 69.4 Å². The first kappa shape index (κ1) is 23.0. The average molecular weight is 471 g/mol. The molecule has 35 heavy (non-hydrogen) atoms. The number of carbonyl (C=O) groups excluding carboxylic acids is 2. The van der Waals surface area contributed by atoms with Crippen molar-refractivity contribution in [2.45, 2.75) is 45.6 Å². The summed E-state index contributed by atoms with van der Waals surface area (Å²) in [5.74, 6) is 1.44. The normalized spacial score (nSPS) is 15.0. The summed E-state index contributed by atoms with van der Waals surface area (Å²) in [6.07, 6.45) is 8.66. The van der Waals surface area contributed by atoms with Crippen molar-refractivity contribution in [2.75, 3.05) is 18.0 Å². The molecule has 4 aromatic rings. The number of anilines is 1. The number of benzene rings is 1. The summed E-state index contributed by atoms with van der Waals surface area (Å²) in [5.41, 5.74) is 2.90. The van der Waals surface area contributed by atoms with Gasteiger partial charge in [-0.25, -0.2) is 14.3 Å². The molecule has 1 aliphatic rings. The van der Waals surface area contributed by atoms with E-state index in [-0.39, 0.29) is 0 Å². The fraction of sp³-hybridized carbons (Fsp3) is 0.357. The Morgan fingerprint density at radius 2 is 1.80 bits per heavy atom. The van der Waals surface area contributed by atoms with Crippen molar-refractivity contribution in [3.63, 3.8) is 0 Å². The van der Waals surface area contributed by atoms with Crippen molar-refractivity contribution < 1.29 is 14.3 Å². The quantitative estimate of drug-likeness (QED) is 0.349. The maximum Gasteiger partial charge on any atom is 0.419 e. The Morgan fingerprint density at radius 1 is 1.03 bits per heavy atom. The van der Waals surface area contributed by atoms with Crippen LogP contribution in [0.3, 0.4) is 0 Å². The molecule has 7 nitrogen and oxygen atoms in total. The highest BCUT2D eigenvalue weighted by Crippen LogP contribution is 2.33. The molecule has 0 amide bonds. The molecule has 1 fully saturated rings. The maximum absolute atomic E-state index is 13.2. The van der Waals surface area contributed by atoms with Crippen LogP contribution in [-0.4, -0.2) is 45.6 Å². The molecule has 0 bridgehead atoms. The van der Waals surface area contributed by atoms with Gasteiger partial charge in [0.1, 0.15) is 17.7 Å². The van der Waals surface area contributed by atoms with Gasteiger partial charge in [0.05, 0.1) is 11.0 Å². The van der Waals surface area contributed by atoms with E-state index in [0.717, 1.165) is 71.0 Å². The number of nitrogens with zero attached hydrogens (tertiary/aromatic N) is 4. The van der Waals surface area contributed by atoms with Crippen molar-refractivity contribution in [2.24, 2.45) is 5.92 Å². The number of aromatic nitrogens is 3. The Hall–Kier alpha value is -3.74. The van der Waals surface area contributed by atoms with Gasteiger partial charge in [0.25, 0.3) is 0 Å². The summed E-state index contributed by atoms with van der Waals surface area (Å²) in [4.78, 5) is 35.2. The lowest BCUT2D eigenvalue weighted by molar-refractivity contribution is -0.108. The molecule has 1 saturated heterocycles. The Labute approximate surface area is 204 Å². The number of ether oxygens (including phenoxy) is 1. The lowest BCUT2D eigenvalue weighted by atomic mass is 9.94. The third-order valence-electron chi connectivity index (χ3n) is 6.59. The van der Waals surface area contributed by atoms with Crippen molar-refractivity contribution in [1.82, 2.24) is 14.5 Å². The SMILES string of the molecule is CC(C)(C)OC(=O)n1c2ccncc2c2ccc(-c3ccc(N4CCC(CC=O)CC4)nc3)cc21. The first-order valence-corrected chi connectivity index (χ1v) is 12.1. The number of pyridine rings is 2. The summed E-state index contributed by atoms with van der Waals surface area (Å²) in [6.45, 7) is 7.43. The van der Waals surface area contributed by atoms with Crippen LogP contribution in [-0.2, 0) is 9.53 Å². The van der Waals surface area contributed by atoms with Crippen molar-refractivity contribution in [3.05, 3.63) is 55.0 Å². The van der Waals surface area contributed by atoms with Gasteiger partial charge < -0.3 is 14.4 Å². The third kappa shape index (κ3) is 4.63. The molecule has 5 rings (SSSR count). The minimum absolute atomic E-state index is 0.410. The second-order valence-electron chi connectivity index (χ2n) is 10.2. The Bertz CT molecular complexity index is 1380. The van der Waals surface area contributed by atoms with E-state index >= 15 is 0 Å². The maximum atomic E-state index is 13.2. The van der Waals surface area contributed by atoms with Crippen LogP contribution < -0.4 is 4.90 Å². The lowest BCUT2D eigenvalue weighted by Gasteiger charge is -2.32. The van der Waals surface area contributed by atoms with E-state index in [1.807, 2.05) is 51.2 Å². The van der Waals surface area contributed by atoms with Gasteiger partial charge in [-0.3, -0.25) is 4.98 Å². The highest BCUT2D eigenvalue weighted by molar-refractivity contribution is 6.13. The zero-order valence-electron chi connectivity index (χ0n) is 20.4. The Balaban J connectivity index is 1.48. The first-order chi connectivity index (χ1) is 16.8. The number of hydrogen-bond acceptors (Lipinski definition) is 6. The molecule has 4 heterocycles. The van der Waals surface area contributed by atoms with Gasteiger partial charge in [-0.1, -0.05) is 12.1 Å². The van der Waals surface area contributed by atoms with Gasteiger partial charge in [0.15, 0.2) is 0 Å². The fourth-order valence-corrected chi connectivity index (χ4v) is 4.83. The molecule has 1 aliphatic heterocycles. The fourth-order valence-electron chi connectivity index (χ4n) is 4.83. The predicted molar refractivity (Wildman–Crippen MR) is 138 cm³/mol. The van der Waals surface area contributed by atoms with Crippen LogP contribution >= 0.6 is 0 Å². The highest BCUT2D eigenvalue weighted by Gasteiger charge is 2.23. The lowest BCUT2D eigenvalue weighted by Crippen LogP contribution is -2.34. The first-order valence-electron chi connectivity index (χ1n) is 12.1. The van der Waals surface area contributed by atoms with Gasteiger partial charge in [0, 0.05) is 54.4 Å². The van der Waals surface area contributed by atoms with E-state index in [2.05, 4.69) is 22.0 Å². The number of rotatable bonds is 4. The second kappa shape index (κ2) is 9.13. The molecule has 7 heteroatoms. The van der Waals surface area contributed by atoms with Crippen LogP contribution in [0.5, 0.6) is 0 Å².